The molecule has 1 aliphatic rings. The van der Waals surface area contributed by atoms with E-state index in [4.69, 9.17) is 9.47 Å². The molecule has 1 saturated heterocycles. The average molecular weight is 396 g/mol. The van der Waals surface area contributed by atoms with Crippen molar-refractivity contribution >= 4 is 23.5 Å². The van der Waals surface area contributed by atoms with Crippen molar-refractivity contribution in [1.29, 1.82) is 0 Å². The molecule has 0 radical (unpaired) electrons. The minimum absolute atomic E-state index is 0.0938. The molecule has 7 nitrogen and oxygen atoms in total. The number of rotatable bonds is 8. The molecular formula is C22H24N2O5. The molecule has 29 heavy (non-hydrogen) atoms. The first-order valence-electron chi connectivity index (χ1n) is 9.57. The molecule has 0 bridgehead atoms. The van der Waals surface area contributed by atoms with Crippen molar-refractivity contribution in [3.63, 3.8) is 0 Å². The van der Waals surface area contributed by atoms with Gasteiger partial charge in [-0.2, -0.15) is 0 Å². The summed E-state index contributed by atoms with van der Waals surface area (Å²) in [6.45, 7) is 2.74. The van der Waals surface area contributed by atoms with E-state index < -0.39 is 5.97 Å². The second kappa shape index (κ2) is 9.73. The largest absolute Gasteiger partial charge is 0.490 e. The molecule has 0 atom stereocenters. The number of ether oxygens (including phenoxy) is 2. The molecule has 0 aromatic heterocycles. The summed E-state index contributed by atoms with van der Waals surface area (Å²) in [4.78, 5) is 37.4. The van der Waals surface area contributed by atoms with Crippen LogP contribution in [0.4, 0.5) is 5.69 Å². The zero-order valence-electron chi connectivity index (χ0n) is 16.3. The first kappa shape index (κ1) is 20.4. The molecule has 1 heterocycles. The molecule has 1 aliphatic heterocycles. The molecule has 0 aliphatic carbocycles. The Bertz CT molecular complexity index is 879. The average Bonchev–Trinajstić information content (AvgIpc) is 3.16. The van der Waals surface area contributed by atoms with Gasteiger partial charge in [0, 0.05) is 24.2 Å². The van der Waals surface area contributed by atoms with Gasteiger partial charge in [-0.15, -0.1) is 0 Å². The van der Waals surface area contributed by atoms with Crippen LogP contribution in [-0.4, -0.2) is 44.1 Å². The molecule has 152 valence electrons. The van der Waals surface area contributed by atoms with Crippen LogP contribution < -0.4 is 15.0 Å². The van der Waals surface area contributed by atoms with E-state index in [-0.39, 0.29) is 31.6 Å². The first-order chi connectivity index (χ1) is 14.0. The van der Waals surface area contributed by atoms with Gasteiger partial charge in [-0.05, 0) is 49.2 Å². The van der Waals surface area contributed by atoms with Gasteiger partial charge in [-0.1, -0.05) is 18.2 Å². The van der Waals surface area contributed by atoms with Gasteiger partial charge in [0.25, 0.3) is 5.91 Å². The van der Waals surface area contributed by atoms with Crippen molar-refractivity contribution in [2.24, 2.45) is 0 Å². The van der Waals surface area contributed by atoms with Gasteiger partial charge in [-0.25, -0.2) is 0 Å². The molecule has 3 rings (SSSR count). The Hall–Kier alpha value is -3.35. The third-order valence-electron chi connectivity index (χ3n) is 4.61. The fourth-order valence-electron chi connectivity index (χ4n) is 3.04. The van der Waals surface area contributed by atoms with E-state index in [0.717, 1.165) is 23.4 Å². The smallest absolute Gasteiger partial charge is 0.325 e. The summed E-state index contributed by atoms with van der Waals surface area (Å²) in [6, 6.07) is 14.3. The lowest BCUT2D eigenvalue weighted by Crippen LogP contribution is -2.31. The number of aryl methyl sites for hydroxylation is 1. The number of carbonyl (C=O) groups excluding carboxylic acids is 3. The van der Waals surface area contributed by atoms with Crippen LogP contribution in [0.1, 0.15) is 28.8 Å². The van der Waals surface area contributed by atoms with Gasteiger partial charge in [0.1, 0.15) is 25.5 Å². The number of nitrogens with one attached hydrogen (secondary N) is 1. The second-order valence-electron chi connectivity index (χ2n) is 6.71. The molecule has 2 aromatic rings. The third-order valence-corrected chi connectivity index (χ3v) is 4.61. The summed E-state index contributed by atoms with van der Waals surface area (Å²) in [5, 5.41) is 2.53. The van der Waals surface area contributed by atoms with Crippen molar-refractivity contribution in [3.8, 4) is 5.75 Å². The van der Waals surface area contributed by atoms with Crippen molar-refractivity contribution in [2.45, 2.75) is 19.8 Å². The highest BCUT2D eigenvalue weighted by Crippen LogP contribution is 2.21. The van der Waals surface area contributed by atoms with E-state index in [1.54, 1.807) is 29.2 Å². The Morgan fingerprint density at radius 2 is 1.83 bits per heavy atom. The van der Waals surface area contributed by atoms with Crippen LogP contribution in [0.2, 0.25) is 0 Å². The van der Waals surface area contributed by atoms with Crippen molar-refractivity contribution in [1.82, 2.24) is 5.32 Å². The van der Waals surface area contributed by atoms with E-state index in [2.05, 4.69) is 5.32 Å². The van der Waals surface area contributed by atoms with Gasteiger partial charge >= 0.3 is 5.97 Å². The predicted octanol–water partition coefficient (Wildman–Crippen LogP) is 2.47. The summed E-state index contributed by atoms with van der Waals surface area (Å²) >= 11 is 0. The summed E-state index contributed by atoms with van der Waals surface area (Å²) in [5.74, 6) is -0.0734. The molecule has 0 saturated carbocycles. The number of anilines is 1. The maximum atomic E-state index is 12.2. The van der Waals surface area contributed by atoms with Crippen LogP contribution in [0, 0.1) is 6.92 Å². The molecule has 0 unspecified atom stereocenters. The highest BCUT2D eigenvalue weighted by molar-refractivity contribution is 5.98. The number of benzene rings is 2. The van der Waals surface area contributed by atoms with Gasteiger partial charge in [0.2, 0.25) is 5.91 Å². The molecule has 1 N–H and O–H groups in total. The topological polar surface area (TPSA) is 84.9 Å². The molecular weight excluding hydrogens is 372 g/mol. The van der Waals surface area contributed by atoms with Gasteiger partial charge in [0.05, 0.1) is 0 Å². The number of esters is 1. The fourth-order valence-corrected chi connectivity index (χ4v) is 3.04. The van der Waals surface area contributed by atoms with Crippen LogP contribution in [0.15, 0.2) is 48.5 Å². The Morgan fingerprint density at radius 1 is 1.07 bits per heavy atom. The fraction of sp³-hybridized carbons (Fsp3) is 0.318. The summed E-state index contributed by atoms with van der Waals surface area (Å²) in [6.07, 6.45) is 1.40. The Balaban J connectivity index is 1.38. The zero-order chi connectivity index (χ0) is 20.6. The molecule has 2 amide bonds. The van der Waals surface area contributed by atoms with E-state index >= 15 is 0 Å². The normalized spacial score (nSPS) is 13.3. The quantitative estimate of drug-likeness (QED) is 0.547. The lowest BCUT2D eigenvalue weighted by molar-refractivity contribution is -0.143. The van der Waals surface area contributed by atoms with Crippen molar-refractivity contribution in [2.75, 3.05) is 31.2 Å². The minimum atomic E-state index is -0.536. The second-order valence-corrected chi connectivity index (χ2v) is 6.71. The number of carbonyl (C=O) groups is 3. The number of para-hydroxylation sites is 1. The molecule has 0 spiro atoms. The number of hydrogen-bond acceptors (Lipinski definition) is 5. The summed E-state index contributed by atoms with van der Waals surface area (Å²) in [7, 11) is 0. The predicted molar refractivity (Wildman–Crippen MR) is 108 cm³/mol. The number of amides is 2. The van der Waals surface area contributed by atoms with Crippen LogP contribution in [0.3, 0.4) is 0 Å². The molecule has 2 aromatic carbocycles. The lowest BCUT2D eigenvalue weighted by atomic mass is 10.2. The highest BCUT2D eigenvalue weighted by atomic mass is 16.6. The first-order valence-corrected chi connectivity index (χ1v) is 9.57. The third kappa shape index (κ3) is 5.57. The Labute approximate surface area is 169 Å². The number of nitrogens with zero attached hydrogens (tertiary/aromatic N) is 1. The summed E-state index contributed by atoms with van der Waals surface area (Å²) < 4.78 is 10.6. The van der Waals surface area contributed by atoms with E-state index in [1.807, 2.05) is 31.2 Å². The zero-order valence-corrected chi connectivity index (χ0v) is 16.3. The monoisotopic (exact) mass is 396 g/mol. The van der Waals surface area contributed by atoms with Crippen LogP contribution >= 0.6 is 0 Å². The maximum absolute atomic E-state index is 12.2. The maximum Gasteiger partial charge on any atom is 0.325 e. The van der Waals surface area contributed by atoms with Crippen LogP contribution in [0.5, 0.6) is 5.75 Å². The van der Waals surface area contributed by atoms with Gasteiger partial charge in [-0.3, -0.25) is 14.4 Å². The Morgan fingerprint density at radius 3 is 2.52 bits per heavy atom. The van der Waals surface area contributed by atoms with Crippen molar-refractivity contribution < 1.29 is 23.9 Å². The van der Waals surface area contributed by atoms with Crippen LogP contribution in [-0.2, 0) is 14.3 Å². The minimum Gasteiger partial charge on any atom is -0.490 e. The SMILES string of the molecule is Cc1ccccc1OCCOC(=O)CNC(=O)c1ccc(N2CCCC2=O)cc1. The standard InChI is InChI=1S/C22H24N2O5/c1-16-5-2-3-6-19(16)28-13-14-29-21(26)15-23-22(27)17-8-10-18(11-9-17)24-12-4-7-20(24)25/h2-3,5-6,8-11H,4,7,12-15H2,1H3,(H,23,27). The highest BCUT2D eigenvalue weighted by Gasteiger charge is 2.21. The van der Waals surface area contributed by atoms with Crippen LogP contribution in [0.25, 0.3) is 0 Å². The number of hydrogen-bond donors (Lipinski definition) is 1. The Kier molecular flexibility index (Phi) is 6.84. The van der Waals surface area contributed by atoms with E-state index in [0.29, 0.717) is 18.5 Å². The molecule has 1 fully saturated rings. The van der Waals surface area contributed by atoms with E-state index in [1.165, 1.54) is 0 Å². The van der Waals surface area contributed by atoms with Crippen molar-refractivity contribution in [3.05, 3.63) is 59.7 Å². The van der Waals surface area contributed by atoms with Gasteiger partial charge in [0.15, 0.2) is 0 Å². The van der Waals surface area contributed by atoms with Gasteiger partial charge < -0.3 is 19.7 Å². The summed E-state index contributed by atoms with van der Waals surface area (Å²) in [5.41, 5.74) is 2.19. The van der Waals surface area contributed by atoms with E-state index in [9.17, 15) is 14.4 Å². The molecule has 7 heteroatoms. The lowest BCUT2D eigenvalue weighted by Gasteiger charge is -2.15.